The van der Waals surface area contributed by atoms with Gasteiger partial charge in [-0.3, -0.25) is 14.4 Å². The second kappa shape index (κ2) is 15.5. The molecule has 2 aliphatic rings. The van der Waals surface area contributed by atoms with Crippen molar-refractivity contribution in [3.05, 3.63) is 104 Å². The van der Waals surface area contributed by atoms with Crippen LogP contribution in [0.3, 0.4) is 0 Å². The van der Waals surface area contributed by atoms with Gasteiger partial charge < -0.3 is 19.9 Å². The number of fused-ring (bicyclic) bond motifs is 1. The maximum Gasteiger partial charge on any atom is 0.251 e. The molecule has 0 aliphatic carbocycles. The van der Waals surface area contributed by atoms with Crippen molar-refractivity contribution < 1.29 is 14.3 Å². The number of hydrogen-bond acceptors (Lipinski definition) is 5. The Balaban J connectivity index is 1.14. The summed E-state index contributed by atoms with van der Waals surface area (Å²) in [6.07, 6.45) is 8.15. The molecular formula is C42H42Cl2N4O4. The molecule has 2 amide bonds. The Bertz CT molecular complexity index is 2230. The van der Waals surface area contributed by atoms with Crippen molar-refractivity contribution in [3.63, 3.8) is 0 Å². The molecule has 3 aromatic carbocycles. The van der Waals surface area contributed by atoms with E-state index >= 15 is 0 Å². The molecule has 52 heavy (non-hydrogen) atoms. The predicted octanol–water partition coefficient (Wildman–Crippen LogP) is 8.45. The van der Waals surface area contributed by atoms with Gasteiger partial charge in [0.1, 0.15) is 0 Å². The van der Waals surface area contributed by atoms with E-state index in [-0.39, 0.29) is 29.5 Å². The fraction of sp³-hybridized carbons (Fsp3) is 0.333. The minimum atomic E-state index is -0.0606. The SMILES string of the molecule is COc1nc(-c2cccc(-c3cccc(-c4ccc5c(CCC[C@@H]6CCC(=O)N6)cc(=O)n(C)c5c4)c3Cl)c2Cl)ccc1CCC[C@@H]1CCC(=O)N1. The monoisotopic (exact) mass is 736 g/mol. The zero-order valence-corrected chi connectivity index (χ0v) is 30.9. The molecule has 8 nitrogen and oxygen atoms in total. The van der Waals surface area contributed by atoms with Crippen molar-refractivity contribution >= 4 is 45.9 Å². The lowest BCUT2D eigenvalue weighted by molar-refractivity contribution is -0.120. The summed E-state index contributed by atoms with van der Waals surface area (Å²) in [5.74, 6) is 0.819. The first-order valence-corrected chi connectivity index (χ1v) is 18.8. The van der Waals surface area contributed by atoms with Crippen LogP contribution in [0.15, 0.2) is 77.6 Å². The van der Waals surface area contributed by atoms with Gasteiger partial charge in [-0.1, -0.05) is 77.8 Å². The molecule has 2 fully saturated rings. The molecule has 2 aromatic heterocycles. The van der Waals surface area contributed by atoms with Gasteiger partial charge in [0, 0.05) is 71.2 Å². The summed E-state index contributed by atoms with van der Waals surface area (Å²) in [7, 11) is 3.42. The number of carbonyl (C=O) groups excluding carboxylic acids is 2. The highest BCUT2D eigenvalue weighted by atomic mass is 35.5. The molecule has 4 heterocycles. The highest BCUT2D eigenvalue weighted by Gasteiger charge is 2.22. The topological polar surface area (TPSA) is 102 Å². The Kier molecular flexibility index (Phi) is 10.7. The van der Waals surface area contributed by atoms with Crippen LogP contribution in [0.25, 0.3) is 44.4 Å². The van der Waals surface area contributed by atoms with Crippen molar-refractivity contribution in [3.8, 4) is 39.4 Å². The number of nitrogens with zero attached hydrogens (tertiary/aromatic N) is 2. The molecule has 0 spiro atoms. The third-order valence-electron chi connectivity index (χ3n) is 10.5. The van der Waals surface area contributed by atoms with Crippen LogP contribution in [0.1, 0.15) is 62.5 Å². The molecule has 2 atom stereocenters. The first-order chi connectivity index (χ1) is 25.2. The number of aryl methyl sites for hydroxylation is 3. The Labute approximate surface area is 313 Å². The maximum absolute atomic E-state index is 13.1. The number of benzene rings is 3. The van der Waals surface area contributed by atoms with Gasteiger partial charge in [-0.25, -0.2) is 4.98 Å². The van der Waals surface area contributed by atoms with E-state index in [1.165, 1.54) is 0 Å². The summed E-state index contributed by atoms with van der Waals surface area (Å²) in [5.41, 5.74) is 7.55. The maximum atomic E-state index is 13.1. The van der Waals surface area contributed by atoms with Crippen molar-refractivity contribution in [2.75, 3.05) is 7.11 Å². The third-order valence-corrected chi connectivity index (χ3v) is 11.3. The minimum absolute atomic E-state index is 0.0606. The van der Waals surface area contributed by atoms with Crippen LogP contribution < -0.4 is 20.9 Å². The van der Waals surface area contributed by atoms with Crippen LogP contribution in [0, 0.1) is 0 Å². The zero-order chi connectivity index (χ0) is 36.4. The van der Waals surface area contributed by atoms with Gasteiger partial charge in [0.25, 0.3) is 5.56 Å². The fourth-order valence-corrected chi connectivity index (χ4v) is 8.31. The van der Waals surface area contributed by atoms with E-state index in [0.29, 0.717) is 34.5 Å². The Morgan fingerprint density at radius 3 is 1.96 bits per heavy atom. The van der Waals surface area contributed by atoms with Crippen molar-refractivity contribution in [1.82, 2.24) is 20.2 Å². The van der Waals surface area contributed by atoms with Gasteiger partial charge in [0.15, 0.2) is 0 Å². The van der Waals surface area contributed by atoms with Gasteiger partial charge in [0.05, 0.1) is 28.4 Å². The normalized spacial score (nSPS) is 17.1. The van der Waals surface area contributed by atoms with Gasteiger partial charge in [0.2, 0.25) is 17.7 Å². The van der Waals surface area contributed by atoms with Gasteiger partial charge in [-0.05, 0) is 74.6 Å². The number of carbonyl (C=O) groups is 2. The number of amides is 2. The molecular weight excluding hydrogens is 695 g/mol. The number of nitrogens with one attached hydrogen (secondary N) is 2. The molecule has 0 unspecified atom stereocenters. The van der Waals surface area contributed by atoms with Crippen LogP contribution in [0.2, 0.25) is 10.0 Å². The zero-order valence-electron chi connectivity index (χ0n) is 29.4. The lowest BCUT2D eigenvalue weighted by Gasteiger charge is -2.16. The second-order valence-electron chi connectivity index (χ2n) is 13.9. The first kappa shape index (κ1) is 35.7. The number of hydrogen-bond donors (Lipinski definition) is 2. The number of ether oxygens (including phenoxy) is 1. The van der Waals surface area contributed by atoms with E-state index in [4.69, 9.17) is 32.9 Å². The van der Waals surface area contributed by atoms with Crippen LogP contribution in [-0.4, -0.2) is 40.6 Å². The van der Waals surface area contributed by atoms with E-state index in [9.17, 15) is 14.4 Å². The van der Waals surface area contributed by atoms with Crippen LogP contribution in [0.5, 0.6) is 5.88 Å². The summed E-state index contributed by atoms with van der Waals surface area (Å²) >= 11 is 14.3. The van der Waals surface area contributed by atoms with Crippen LogP contribution >= 0.6 is 23.2 Å². The predicted molar refractivity (Wildman–Crippen MR) is 208 cm³/mol. The lowest BCUT2D eigenvalue weighted by Crippen LogP contribution is -2.25. The first-order valence-electron chi connectivity index (χ1n) is 18.0. The van der Waals surface area contributed by atoms with Gasteiger partial charge in [-0.15, -0.1) is 0 Å². The van der Waals surface area contributed by atoms with E-state index in [1.807, 2.05) is 54.6 Å². The number of rotatable bonds is 12. The number of pyridine rings is 2. The van der Waals surface area contributed by atoms with Crippen molar-refractivity contribution in [2.24, 2.45) is 7.05 Å². The van der Waals surface area contributed by atoms with Crippen LogP contribution in [0.4, 0.5) is 0 Å². The van der Waals surface area contributed by atoms with Crippen molar-refractivity contribution in [2.45, 2.75) is 76.3 Å². The van der Waals surface area contributed by atoms with E-state index in [1.54, 1.807) is 24.8 Å². The largest absolute Gasteiger partial charge is 0.481 e. The number of aromatic nitrogens is 2. The lowest BCUT2D eigenvalue weighted by atomic mass is 9.95. The minimum Gasteiger partial charge on any atom is -0.481 e. The molecule has 2 N–H and O–H groups in total. The molecule has 7 rings (SSSR count). The van der Waals surface area contributed by atoms with Crippen LogP contribution in [-0.2, 0) is 29.5 Å². The van der Waals surface area contributed by atoms with E-state index in [2.05, 4.69) is 22.8 Å². The number of methoxy groups -OCH3 is 1. The average Bonchev–Trinajstić information content (AvgIpc) is 3.77. The van der Waals surface area contributed by atoms with E-state index < -0.39 is 0 Å². The highest BCUT2D eigenvalue weighted by molar-refractivity contribution is 6.39. The second-order valence-corrected chi connectivity index (χ2v) is 14.6. The molecule has 2 saturated heterocycles. The van der Waals surface area contributed by atoms with Gasteiger partial charge >= 0.3 is 0 Å². The summed E-state index contributed by atoms with van der Waals surface area (Å²) in [6.45, 7) is 0. The molecule has 0 bridgehead atoms. The summed E-state index contributed by atoms with van der Waals surface area (Å²) in [6, 6.07) is 24.1. The summed E-state index contributed by atoms with van der Waals surface area (Å²) in [4.78, 5) is 41.1. The quantitative estimate of drug-likeness (QED) is 0.134. The Hall–Kier alpha value is -4.66. The van der Waals surface area contributed by atoms with E-state index in [0.717, 1.165) is 101 Å². The molecule has 10 heteroatoms. The summed E-state index contributed by atoms with van der Waals surface area (Å²) in [5, 5.41) is 8.19. The van der Waals surface area contributed by atoms with Gasteiger partial charge in [-0.2, -0.15) is 0 Å². The molecule has 2 aliphatic heterocycles. The molecule has 268 valence electrons. The number of halogens is 2. The fourth-order valence-electron chi connectivity index (χ4n) is 7.65. The highest BCUT2D eigenvalue weighted by Crippen LogP contribution is 2.43. The third kappa shape index (κ3) is 7.46. The standard InChI is InChI=1S/C42H42Cl2N4O4/c1-48-36-23-27(15-19-30(36)26(24-39(48)51)8-4-10-29-18-22-38(50)46-29)31-11-5-12-32(40(31)43)33-13-6-14-34(41(33)44)35-20-16-25(42(47-35)52-2)7-3-9-28-17-21-37(49)45-28/h5-6,11-16,19-20,23-24,28-29H,3-4,7-10,17-18,21-22H2,1-2H3,(H,45,49)(H,46,50)/t28-,29-/m1/s1. The molecule has 0 saturated carbocycles. The van der Waals surface area contributed by atoms with Crippen molar-refractivity contribution in [1.29, 1.82) is 0 Å². The Morgan fingerprint density at radius 2 is 1.35 bits per heavy atom. The molecule has 0 radical (unpaired) electrons. The average molecular weight is 738 g/mol. The summed E-state index contributed by atoms with van der Waals surface area (Å²) < 4.78 is 7.38. The molecule has 5 aromatic rings. The Morgan fingerprint density at radius 1 is 0.750 bits per heavy atom. The smallest absolute Gasteiger partial charge is 0.251 e.